The second-order valence-electron chi connectivity index (χ2n) is 3.00. The average molecular weight is 219 g/mol. The van der Waals surface area contributed by atoms with Crippen molar-refractivity contribution in [2.45, 2.75) is 0 Å². The number of hydrogen-bond donors (Lipinski definition) is 3. The first-order valence-electron chi connectivity index (χ1n) is 4.59. The van der Waals surface area contributed by atoms with Gasteiger partial charge in [-0.3, -0.25) is 5.41 Å². The molecule has 1 aromatic carbocycles. The minimum Gasteiger partial charge on any atom is -0.502 e. The zero-order valence-corrected chi connectivity index (χ0v) is 8.86. The maximum Gasteiger partial charge on any atom is 0.316 e. The third kappa shape index (κ3) is 3.13. The summed E-state index contributed by atoms with van der Waals surface area (Å²) in [5.74, 6) is 0. The molecule has 0 radical (unpaired) electrons. The second-order valence-corrected chi connectivity index (χ2v) is 3.00. The van der Waals surface area contributed by atoms with E-state index in [1.165, 1.54) is 13.4 Å². The summed E-state index contributed by atoms with van der Waals surface area (Å²) in [6.07, 6.45) is 1.26. The Hall–Kier alpha value is -2.30. The van der Waals surface area contributed by atoms with Crippen LogP contribution in [0, 0.1) is 5.41 Å². The van der Waals surface area contributed by atoms with Gasteiger partial charge in [0, 0.05) is 5.56 Å². The molecule has 1 aromatic rings. The summed E-state index contributed by atoms with van der Waals surface area (Å²) in [7, 11) is 1.43. The number of benzene rings is 1. The minimum absolute atomic E-state index is 0.140. The molecular weight excluding hydrogens is 206 g/mol. The normalized spacial score (nSPS) is 10.7. The molecule has 5 nitrogen and oxygen atoms in total. The van der Waals surface area contributed by atoms with Crippen molar-refractivity contribution in [3.8, 4) is 0 Å². The highest BCUT2D eigenvalue weighted by Crippen LogP contribution is 2.05. The van der Waals surface area contributed by atoms with Crippen LogP contribution in [0.4, 0.5) is 4.79 Å². The number of nitrogens with one attached hydrogen (secondary N) is 2. The van der Waals surface area contributed by atoms with Gasteiger partial charge in [-0.15, -0.1) is 0 Å². The molecule has 5 heteroatoms. The molecule has 0 unspecified atom stereocenters. The number of primary amides is 1. The molecule has 0 saturated heterocycles. The van der Waals surface area contributed by atoms with Gasteiger partial charge in [0.05, 0.1) is 12.8 Å². The van der Waals surface area contributed by atoms with Gasteiger partial charge in [0.25, 0.3) is 0 Å². The smallest absolute Gasteiger partial charge is 0.316 e. The molecule has 2 amide bonds. The van der Waals surface area contributed by atoms with E-state index in [-0.39, 0.29) is 11.4 Å². The summed E-state index contributed by atoms with van der Waals surface area (Å²) in [4.78, 5) is 10.7. The lowest BCUT2D eigenvalue weighted by Gasteiger charge is -2.08. The number of urea groups is 1. The highest BCUT2D eigenvalue weighted by Gasteiger charge is 2.09. The highest BCUT2D eigenvalue weighted by molar-refractivity contribution is 6.11. The van der Waals surface area contributed by atoms with Crippen LogP contribution in [-0.2, 0) is 4.74 Å². The van der Waals surface area contributed by atoms with E-state index < -0.39 is 6.03 Å². The van der Waals surface area contributed by atoms with Crippen LogP contribution in [-0.4, -0.2) is 18.9 Å². The number of carbonyl (C=O) groups is 1. The monoisotopic (exact) mass is 219 g/mol. The number of allylic oxidation sites excluding steroid dienone is 1. The number of ether oxygens (including phenoxy) is 1. The van der Waals surface area contributed by atoms with Crippen LogP contribution < -0.4 is 11.1 Å². The summed E-state index contributed by atoms with van der Waals surface area (Å²) < 4.78 is 4.77. The zero-order chi connectivity index (χ0) is 12.0. The predicted octanol–water partition coefficient (Wildman–Crippen LogP) is 1.21. The van der Waals surface area contributed by atoms with E-state index >= 15 is 0 Å². The molecule has 0 aliphatic heterocycles. The van der Waals surface area contributed by atoms with E-state index in [9.17, 15) is 4.79 Å². The van der Waals surface area contributed by atoms with E-state index in [2.05, 4.69) is 5.32 Å². The third-order valence-corrected chi connectivity index (χ3v) is 1.83. The van der Waals surface area contributed by atoms with Crippen LogP contribution in [0.25, 0.3) is 0 Å². The number of rotatable bonds is 4. The number of methoxy groups -OCH3 is 1. The van der Waals surface area contributed by atoms with E-state index in [0.717, 1.165) is 0 Å². The maximum atomic E-state index is 10.7. The molecule has 0 aliphatic carbocycles. The lowest BCUT2D eigenvalue weighted by Crippen LogP contribution is -2.32. The molecule has 0 bridgehead atoms. The Kier molecular flexibility index (Phi) is 4.08. The SMILES string of the molecule is CO/C=C(/NC(N)=O)C(=N)c1ccccc1. The van der Waals surface area contributed by atoms with Crippen molar-refractivity contribution >= 4 is 11.7 Å². The van der Waals surface area contributed by atoms with Gasteiger partial charge in [-0.1, -0.05) is 30.3 Å². The quantitative estimate of drug-likeness (QED) is 0.525. The predicted molar refractivity (Wildman–Crippen MR) is 61.1 cm³/mol. The Labute approximate surface area is 93.4 Å². The van der Waals surface area contributed by atoms with Gasteiger partial charge in [0.1, 0.15) is 12.0 Å². The van der Waals surface area contributed by atoms with Crippen molar-refractivity contribution in [3.05, 3.63) is 47.9 Å². The van der Waals surface area contributed by atoms with E-state index in [1.54, 1.807) is 24.3 Å². The van der Waals surface area contributed by atoms with Crippen molar-refractivity contribution in [1.82, 2.24) is 5.32 Å². The lowest BCUT2D eigenvalue weighted by atomic mass is 10.1. The van der Waals surface area contributed by atoms with Crippen molar-refractivity contribution in [3.63, 3.8) is 0 Å². The molecule has 0 atom stereocenters. The van der Waals surface area contributed by atoms with Crippen LogP contribution in [0.3, 0.4) is 0 Å². The van der Waals surface area contributed by atoms with Gasteiger partial charge in [-0.25, -0.2) is 4.79 Å². The van der Waals surface area contributed by atoms with Gasteiger partial charge in [0.2, 0.25) is 0 Å². The van der Waals surface area contributed by atoms with Crippen LogP contribution in [0.5, 0.6) is 0 Å². The topological polar surface area (TPSA) is 88.2 Å². The number of hydrogen-bond acceptors (Lipinski definition) is 3. The Morgan fingerprint density at radius 1 is 1.44 bits per heavy atom. The Morgan fingerprint density at radius 2 is 2.06 bits per heavy atom. The molecule has 84 valence electrons. The zero-order valence-electron chi connectivity index (χ0n) is 8.86. The number of amides is 2. The van der Waals surface area contributed by atoms with Gasteiger partial charge >= 0.3 is 6.03 Å². The van der Waals surface area contributed by atoms with Gasteiger partial charge in [0.15, 0.2) is 0 Å². The fourth-order valence-corrected chi connectivity index (χ4v) is 1.16. The molecule has 0 spiro atoms. The first-order valence-corrected chi connectivity index (χ1v) is 4.59. The lowest BCUT2D eigenvalue weighted by molar-refractivity contribution is 0.251. The standard InChI is InChI=1S/C11H13N3O2/c1-16-7-9(14-11(13)15)10(12)8-5-3-2-4-6-8/h2-7,12H,1H3,(H3,13,14,15)/b9-7+,12-10?. The molecule has 0 aliphatic rings. The van der Waals surface area contributed by atoms with E-state index in [4.69, 9.17) is 15.9 Å². The van der Waals surface area contributed by atoms with Crippen molar-refractivity contribution < 1.29 is 9.53 Å². The first kappa shape index (κ1) is 11.8. The van der Waals surface area contributed by atoms with E-state index in [1.807, 2.05) is 6.07 Å². The minimum atomic E-state index is -0.732. The summed E-state index contributed by atoms with van der Waals surface area (Å²) in [6.45, 7) is 0. The Morgan fingerprint density at radius 3 is 2.56 bits per heavy atom. The maximum absolute atomic E-state index is 10.7. The summed E-state index contributed by atoms with van der Waals surface area (Å²) in [6, 6.07) is 8.24. The molecule has 0 heterocycles. The van der Waals surface area contributed by atoms with E-state index in [0.29, 0.717) is 5.56 Å². The first-order chi connectivity index (χ1) is 7.65. The summed E-state index contributed by atoms with van der Waals surface area (Å²) >= 11 is 0. The highest BCUT2D eigenvalue weighted by atomic mass is 16.5. The summed E-state index contributed by atoms with van der Waals surface area (Å²) in [5, 5.41) is 10.2. The van der Waals surface area contributed by atoms with Crippen molar-refractivity contribution in [1.29, 1.82) is 5.41 Å². The molecule has 1 rings (SSSR count). The molecule has 16 heavy (non-hydrogen) atoms. The van der Waals surface area contributed by atoms with Crippen LogP contribution in [0.2, 0.25) is 0 Å². The van der Waals surface area contributed by atoms with Gasteiger partial charge in [-0.05, 0) is 0 Å². The van der Waals surface area contributed by atoms with Crippen LogP contribution in [0.1, 0.15) is 5.56 Å². The largest absolute Gasteiger partial charge is 0.502 e. The second kappa shape index (κ2) is 5.55. The fraction of sp³-hybridized carbons (Fsp3) is 0.0909. The number of nitrogens with two attached hydrogens (primary N) is 1. The fourth-order valence-electron chi connectivity index (χ4n) is 1.16. The van der Waals surface area contributed by atoms with Crippen molar-refractivity contribution in [2.75, 3.05) is 7.11 Å². The molecule has 4 N–H and O–H groups in total. The van der Waals surface area contributed by atoms with Crippen LogP contribution in [0.15, 0.2) is 42.3 Å². The molecular formula is C11H13N3O2. The summed E-state index contributed by atoms with van der Waals surface area (Å²) in [5.41, 5.74) is 6.03. The molecule has 0 saturated carbocycles. The number of carbonyl (C=O) groups excluding carboxylic acids is 1. The average Bonchev–Trinajstić information content (AvgIpc) is 2.28. The Balaban J connectivity index is 2.92. The van der Waals surface area contributed by atoms with Crippen LogP contribution >= 0.6 is 0 Å². The van der Waals surface area contributed by atoms with Gasteiger partial charge < -0.3 is 15.8 Å². The third-order valence-electron chi connectivity index (χ3n) is 1.83. The van der Waals surface area contributed by atoms with Crippen molar-refractivity contribution in [2.24, 2.45) is 5.73 Å². The Bertz CT molecular complexity index is 412. The molecule has 0 aromatic heterocycles. The molecule has 0 fully saturated rings. The van der Waals surface area contributed by atoms with Gasteiger partial charge in [-0.2, -0.15) is 0 Å².